The molecule has 4 aromatic carbocycles. The van der Waals surface area contributed by atoms with E-state index in [4.69, 9.17) is 4.74 Å². The van der Waals surface area contributed by atoms with E-state index >= 15 is 0 Å². The first-order valence-electron chi connectivity index (χ1n) is 10.7. The van der Waals surface area contributed by atoms with E-state index in [9.17, 15) is 4.79 Å². The van der Waals surface area contributed by atoms with E-state index in [0.29, 0.717) is 6.42 Å². The molecule has 0 aliphatic rings. The topological polar surface area (TPSA) is 38.3 Å². The van der Waals surface area contributed by atoms with Crippen LogP contribution in [-0.2, 0) is 4.79 Å². The fraction of sp³-hybridized carbons (Fsp3) is 0.179. The van der Waals surface area contributed by atoms with Crippen molar-refractivity contribution in [3.63, 3.8) is 0 Å². The molecule has 0 fully saturated rings. The third-order valence-corrected chi connectivity index (χ3v) is 5.51. The van der Waals surface area contributed by atoms with Gasteiger partial charge in [0.05, 0.1) is 6.04 Å². The van der Waals surface area contributed by atoms with Crippen molar-refractivity contribution in [1.29, 1.82) is 0 Å². The van der Waals surface area contributed by atoms with E-state index < -0.39 is 6.10 Å². The molecule has 0 radical (unpaired) electrons. The van der Waals surface area contributed by atoms with E-state index in [1.54, 1.807) is 0 Å². The molecule has 0 aliphatic carbocycles. The van der Waals surface area contributed by atoms with Gasteiger partial charge in [0.2, 0.25) is 0 Å². The Kier molecular flexibility index (Phi) is 6.32. The monoisotopic (exact) mass is 409 g/mol. The fourth-order valence-electron chi connectivity index (χ4n) is 3.77. The number of fused-ring (bicyclic) bond motifs is 1. The maximum atomic E-state index is 13.3. The van der Waals surface area contributed by atoms with Crippen LogP contribution in [0.25, 0.3) is 10.8 Å². The molecule has 0 bridgehead atoms. The molecule has 0 spiro atoms. The number of benzene rings is 4. The van der Waals surface area contributed by atoms with E-state index in [1.165, 1.54) is 5.56 Å². The lowest BCUT2D eigenvalue weighted by molar-refractivity contribution is -0.128. The molecule has 0 aliphatic heterocycles. The lowest BCUT2D eigenvalue weighted by Crippen LogP contribution is -2.40. The molecule has 3 nitrogen and oxygen atoms in total. The van der Waals surface area contributed by atoms with Crippen LogP contribution in [0, 0.1) is 6.92 Å². The molecule has 1 N–H and O–H groups in total. The molecule has 4 rings (SSSR count). The van der Waals surface area contributed by atoms with Gasteiger partial charge < -0.3 is 10.1 Å². The Morgan fingerprint density at radius 2 is 1.45 bits per heavy atom. The van der Waals surface area contributed by atoms with Gasteiger partial charge in [-0.2, -0.15) is 0 Å². The number of rotatable bonds is 7. The quantitative estimate of drug-likeness (QED) is 0.394. The lowest BCUT2D eigenvalue weighted by Gasteiger charge is -2.24. The highest BCUT2D eigenvalue weighted by Gasteiger charge is 2.24. The SMILES string of the molecule is CC[C@@H](Oc1cccc2ccccc12)C(=O)N[C@H](c1ccccc1)c1ccc(C)cc1. The zero-order valence-electron chi connectivity index (χ0n) is 17.9. The predicted molar refractivity (Wildman–Crippen MR) is 126 cm³/mol. The van der Waals surface area contributed by atoms with Crippen LogP contribution >= 0.6 is 0 Å². The van der Waals surface area contributed by atoms with Crippen LogP contribution in [0.5, 0.6) is 5.75 Å². The molecule has 156 valence electrons. The Morgan fingerprint density at radius 3 is 2.19 bits per heavy atom. The van der Waals surface area contributed by atoms with Crippen molar-refractivity contribution in [3.05, 3.63) is 114 Å². The van der Waals surface area contributed by atoms with Gasteiger partial charge >= 0.3 is 0 Å². The third kappa shape index (κ3) is 4.77. The highest BCUT2D eigenvalue weighted by atomic mass is 16.5. The van der Waals surface area contributed by atoms with Crippen molar-refractivity contribution < 1.29 is 9.53 Å². The fourth-order valence-corrected chi connectivity index (χ4v) is 3.77. The number of carbonyl (C=O) groups excluding carboxylic acids is 1. The van der Waals surface area contributed by atoms with E-state index in [0.717, 1.165) is 27.6 Å². The number of nitrogens with one attached hydrogen (secondary N) is 1. The van der Waals surface area contributed by atoms with Gasteiger partial charge in [0.15, 0.2) is 6.10 Å². The van der Waals surface area contributed by atoms with Crippen LogP contribution in [0.3, 0.4) is 0 Å². The summed E-state index contributed by atoms with van der Waals surface area (Å²) in [5.74, 6) is 0.608. The van der Waals surface area contributed by atoms with Gasteiger partial charge in [-0.3, -0.25) is 4.79 Å². The minimum Gasteiger partial charge on any atom is -0.480 e. The zero-order valence-corrected chi connectivity index (χ0v) is 17.9. The van der Waals surface area contributed by atoms with Crippen molar-refractivity contribution >= 4 is 16.7 Å². The molecule has 0 aromatic heterocycles. The van der Waals surface area contributed by atoms with Crippen molar-refractivity contribution in [3.8, 4) is 5.75 Å². The second-order valence-corrected chi connectivity index (χ2v) is 7.75. The van der Waals surface area contributed by atoms with Crippen LogP contribution in [-0.4, -0.2) is 12.0 Å². The Labute approximate surface area is 183 Å². The summed E-state index contributed by atoms with van der Waals surface area (Å²) in [5, 5.41) is 5.33. The smallest absolute Gasteiger partial charge is 0.261 e. The highest BCUT2D eigenvalue weighted by molar-refractivity contribution is 5.89. The maximum absolute atomic E-state index is 13.3. The molecule has 4 aromatic rings. The Bertz CT molecular complexity index is 1150. The molecule has 31 heavy (non-hydrogen) atoms. The second-order valence-electron chi connectivity index (χ2n) is 7.75. The van der Waals surface area contributed by atoms with Crippen LogP contribution in [0.4, 0.5) is 0 Å². The first-order valence-corrected chi connectivity index (χ1v) is 10.7. The van der Waals surface area contributed by atoms with Crippen molar-refractivity contribution in [2.24, 2.45) is 0 Å². The van der Waals surface area contributed by atoms with Gasteiger partial charge in [-0.25, -0.2) is 0 Å². The molecule has 2 atom stereocenters. The molecular weight excluding hydrogens is 382 g/mol. The molecule has 0 unspecified atom stereocenters. The van der Waals surface area contributed by atoms with E-state index in [-0.39, 0.29) is 11.9 Å². The van der Waals surface area contributed by atoms with Crippen LogP contribution in [0.2, 0.25) is 0 Å². The van der Waals surface area contributed by atoms with E-state index in [2.05, 4.69) is 36.5 Å². The molecule has 0 saturated heterocycles. The first-order chi connectivity index (χ1) is 15.2. The Morgan fingerprint density at radius 1 is 0.806 bits per heavy atom. The summed E-state index contributed by atoms with van der Waals surface area (Å²) in [7, 11) is 0. The summed E-state index contributed by atoms with van der Waals surface area (Å²) in [5.41, 5.74) is 3.28. The molecular formula is C28H27NO2. The number of ether oxygens (including phenoxy) is 1. The van der Waals surface area contributed by atoms with Crippen molar-refractivity contribution in [2.45, 2.75) is 32.4 Å². The third-order valence-electron chi connectivity index (χ3n) is 5.51. The summed E-state index contributed by atoms with van der Waals surface area (Å²) in [6.07, 6.45) is -0.00718. The number of amides is 1. The standard InChI is InChI=1S/C28H27NO2/c1-3-25(31-26-15-9-13-21-10-7-8-14-24(21)26)28(30)29-27(22-11-5-4-6-12-22)23-18-16-20(2)17-19-23/h4-19,25,27H,3H2,1-2H3,(H,29,30)/t25-,27-/m1/s1. The predicted octanol–water partition coefficient (Wildman–Crippen LogP) is 6.21. The van der Waals surface area contributed by atoms with E-state index in [1.807, 2.05) is 79.7 Å². The van der Waals surface area contributed by atoms with Crippen LogP contribution in [0.15, 0.2) is 97.1 Å². The Hall–Kier alpha value is -3.59. The molecule has 1 amide bonds. The number of aryl methyl sites for hydroxylation is 1. The Balaban J connectivity index is 1.60. The summed E-state index contributed by atoms with van der Waals surface area (Å²) in [4.78, 5) is 13.3. The molecule has 0 heterocycles. The maximum Gasteiger partial charge on any atom is 0.261 e. The summed E-state index contributed by atoms with van der Waals surface area (Å²) in [6, 6.07) is 32.1. The first kappa shape index (κ1) is 20.7. The average Bonchev–Trinajstić information content (AvgIpc) is 2.82. The van der Waals surface area contributed by atoms with Gasteiger partial charge in [-0.15, -0.1) is 0 Å². The van der Waals surface area contributed by atoms with Gasteiger partial charge in [0.1, 0.15) is 5.75 Å². The van der Waals surface area contributed by atoms with Gasteiger partial charge in [0, 0.05) is 5.39 Å². The van der Waals surface area contributed by atoms with Crippen molar-refractivity contribution in [1.82, 2.24) is 5.32 Å². The zero-order chi connectivity index (χ0) is 21.6. The number of hydrogen-bond acceptors (Lipinski definition) is 2. The highest BCUT2D eigenvalue weighted by Crippen LogP contribution is 2.27. The van der Waals surface area contributed by atoms with Crippen LogP contribution in [0.1, 0.15) is 36.1 Å². The van der Waals surface area contributed by atoms with Crippen molar-refractivity contribution in [2.75, 3.05) is 0 Å². The van der Waals surface area contributed by atoms with Gasteiger partial charge in [-0.05, 0) is 35.9 Å². The minimum atomic E-state index is -0.581. The lowest BCUT2D eigenvalue weighted by atomic mass is 9.97. The van der Waals surface area contributed by atoms with Gasteiger partial charge in [0.25, 0.3) is 5.91 Å². The minimum absolute atomic E-state index is 0.120. The second kappa shape index (κ2) is 9.48. The summed E-state index contributed by atoms with van der Waals surface area (Å²) >= 11 is 0. The van der Waals surface area contributed by atoms with Crippen LogP contribution < -0.4 is 10.1 Å². The van der Waals surface area contributed by atoms with Gasteiger partial charge in [-0.1, -0.05) is 103 Å². The molecule has 3 heteroatoms. The largest absolute Gasteiger partial charge is 0.480 e. The average molecular weight is 410 g/mol. The molecule has 0 saturated carbocycles. The number of hydrogen-bond donors (Lipinski definition) is 1. The normalized spacial score (nSPS) is 12.8. The number of carbonyl (C=O) groups is 1. The summed E-state index contributed by atoms with van der Waals surface area (Å²) < 4.78 is 6.22. The summed E-state index contributed by atoms with van der Waals surface area (Å²) in [6.45, 7) is 4.03.